The SMILES string of the molecule is Cc1cc(C)cc(-c2cc(C(C)(C)C)ccc2N2c3ccc(C)cc3B3c4cc(C)ccc4N(c4ccc(C(C)(C)C)cc4)c4cccc2c43)c1. The molecule has 254 valence electrons. The van der Waals surface area contributed by atoms with Crippen LogP contribution in [0.3, 0.4) is 0 Å². The highest BCUT2D eigenvalue weighted by Gasteiger charge is 2.43. The number of benzene rings is 6. The Morgan fingerprint density at radius 3 is 1.51 bits per heavy atom. The lowest BCUT2D eigenvalue weighted by Crippen LogP contribution is -2.61. The third-order valence-electron chi connectivity index (χ3n) is 10.9. The highest BCUT2D eigenvalue weighted by Crippen LogP contribution is 2.47. The fourth-order valence-corrected chi connectivity index (χ4v) is 8.39. The quantitative estimate of drug-likeness (QED) is 0.174. The molecule has 3 heteroatoms. The second kappa shape index (κ2) is 11.8. The fourth-order valence-electron chi connectivity index (χ4n) is 8.39. The molecule has 0 N–H and O–H groups in total. The molecule has 0 radical (unpaired) electrons. The van der Waals surface area contributed by atoms with E-state index in [1.807, 2.05) is 0 Å². The van der Waals surface area contributed by atoms with Crippen molar-refractivity contribution in [2.45, 2.75) is 80.1 Å². The van der Waals surface area contributed by atoms with Gasteiger partial charge in [0, 0.05) is 34.0 Å². The second-order valence-corrected chi connectivity index (χ2v) is 17.1. The molecular formula is C48H49BN2. The standard InChI is InChI=1S/C48H49BN2/c1-30-14-21-42-39(27-30)49-40-28-31(2)15-22-43(40)51(41-23-18-36(48(8,9)10)29-38(41)34-25-32(3)24-33(4)26-34)45-13-11-12-44(46(45)49)50(42)37-19-16-35(17-20-37)47(5,6)7/h11-29H,1-10H3. The average molecular weight is 665 g/mol. The number of fused-ring (bicyclic) bond motifs is 4. The van der Waals surface area contributed by atoms with E-state index in [0.29, 0.717) is 0 Å². The van der Waals surface area contributed by atoms with Gasteiger partial charge in [-0.2, -0.15) is 0 Å². The van der Waals surface area contributed by atoms with Crippen molar-refractivity contribution in [1.82, 2.24) is 0 Å². The minimum absolute atomic E-state index is 0.0185. The summed E-state index contributed by atoms with van der Waals surface area (Å²) in [4.78, 5) is 5.06. The molecule has 0 atom stereocenters. The minimum atomic E-state index is 0.0185. The van der Waals surface area contributed by atoms with E-state index in [9.17, 15) is 0 Å². The second-order valence-electron chi connectivity index (χ2n) is 17.1. The molecule has 0 aromatic heterocycles. The Hall–Kier alpha value is -5.02. The molecule has 2 aliphatic rings. The minimum Gasteiger partial charge on any atom is -0.311 e. The van der Waals surface area contributed by atoms with Crippen LogP contribution in [0.5, 0.6) is 0 Å². The molecular weight excluding hydrogens is 615 g/mol. The van der Waals surface area contributed by atoms with Gasteiger partial charge in [0.2, 0.25) is 0 Å². The summed E-state index contributed by atoms with van der Waals surface area (Å²) in [6.45, 7) is 22.8. The van der Waals surface area contributed by atoms with E-state index < -0.39 is 0 Å². The highest BCUT2D eigenvalue weighted by molar-refractivity contribution is 7.00. The van der Waals surface area contributed by atoms with Crippen LogP contribution in [0.25, 0.3) is 11.1 Å². The van der Waals surface area contributed by atoms with E-state index >= 15 is 0 Å². The first kappa shape index (κ1) is 33.1. The van der Waals surface area contributed by atoms with Gasteiger partial charge in [-0.05, 0) is 120 Å². The van der Waals surface area contributed by atoms with Crippen LogP contribution in [-0.4, -0.2) is 6.71 Å². The van der Waals surface area contributed by atoms with Crippen LogP contribution in [0, 0.1) is 27.7 Å². The van der Waals surface area contributed by atoms with Gasteiger partial charge in [-0.1, -0.05) is 131 Å². The summed E-state index contributed by atoms with van der Waals surface area (Å²) < 4.78 is 0. The maximum atomic E-state index is 2.56. The lowest BCUT2D eigenvalue weighted by atomic mass is 9.33. The first-order valence-electron chi connectivity index (χ1n) is 18.5. The summed E-state index contributed by atoms with van der Waals surface area (Å²) in [6, 6.07) is 44.4. The summed E-state index contributed by atoms with van der Waals surface area (Å²) in [5.74, 6) is 0. The number of hydrogen-bond donors (Lipinski definition) is 0. The molecule has 6 aromatic carbocycles. The van der Waals surface area contributed by atoms with Crippen LogP contribution < -0.4 is 26.2 Å². The van der Waals surface area contributed by atoms with Gasteiger partial charge in [-0.3, -0.25) is 0 Å². The van der Waals surface area contributed by atoms with Gasteiger partial charge < -0.3 is 9.80 Å². The van der Waals surface area contributed by atoms with Gasteiger partial charge in [-0.25, -0.2) is 0 Å². The first-order valence-corrected chi connectivity index (χ1v) is 18.5. The lowest BCUT2D eigenvalue weighted by molar-refractivity contribution is 0.590. The summed E-state index contributed by atoms with van der Waals surface area (Å²) >= 11 is 0. The van der Waals surface area contributed by atoms with Crippen LogP contribution in [0.2, 0.25) is 0 Å². The molecule has 2 aliphatic heterocycles. The Kier molecular flexibility index (Phi) is 7.65. The van der Waals surface area contributed by atoms with E-state index in [0.717, 1.165) is 0 Å². The molecule has 0 unspecified atom stereocenters. The van der Waals surface area contributed by atoms with Gasteiger partial charge in [0.05, 0.1) is 5.69 Å². The number of anilines is 6. The van der Waals surface area contributed by atoms with Crippen molar-refractivity contribution in [1.29, 1.82) is 0 Å². The van der Waals surface area contributed by atoms with Gasteiger partial charge in [0.25, 0.3) is 6.71 Å². The van der Waals surface area contributed by atoms with E-state index in [1.54, 1.807) is 0 Å². The van der Waals surface area contributed by atoms with Crippen LogP contribution in [-0.2, 0) is 10.8 Å². The first-order chi connectivity index (χ1) is 24.2. The van der Waals surface area contributed by atoms with E-state index in [1.165, 1.54) is 95.0 Å². The molecule has 0 bridgehead atoms. The molecule has 6 aromatic rings. The molecule has 0 spiro atoms. The average Bonchev–Trinajstić information content (AvgIpc) is 3.07. The van der Waals surface area contributed by atoms with Crippen molar-refractivity contribution in [3.63, 3.8) is 0 Å². The fraction of sp³-hybridized carbons (Fsp3) is 0.250. The Balaban J connectivity index is 1.43. The third-order valence-corrected chi connectivity index (χ3v) is 10.9. The third kappa shape index (κ3) is 5.59. The number of nitrogens with zero attached hydrogens (tertiary/aromatic N) is 2. The summed E-state index contributed by atoms with van der Waals surface area (Å²) in [6.07, 6.45) is 0. The predicted octanol–water partition coefficient (Wildman–Crippen LogP) is 11.3. The maximum Gasteiger partial charge on any atom is 0.252 e. The zero-order valence-corrected chi connectivity index (χ0v) is 31.9. The molecule has 51 heavy (non-hydrogen) atoms. The van der Waals surface area contributed by atoms with Gasteiger partial charge in [0.15, 0.2) is 0 Å². The van der Waals surface area contributed by atoms with E-state index in [-0.39, 0.29) is 17.5 Å². The van der Waals surface area contributed by atoms with E-state index in [2.05, 4.69) is 194 Å². The van der Waals surface area contributed by atoms with Crippen LogP contribution in [0.1, 0.15) is 74.9 Å². The normalized spacial score (nSPS) is 13.6. The van der Waals surface area contributed by atoms with Crippen molar-refractivity contribution in [2.24, 2.45) is 0 Å². The molecule has 2 heterocycles. The Bertz CT molecular complexity index is 2310. The topological polar surface area (TPSA) is 6.48 Å². The lowest BCUT2D eigenvalue weighted by Gasteiger charge is -2.44. The number of aryl methyl sites for hydroxylation is 4. The van der Waals surface area contributed by atoms with E-state index in [4.69, 9.17) is 0 Å². The molecule has 0 saturated heterocycles. The molecule has 0 amide bonds. The number of hydrogen-bond acceptors (Lipinski definition) is 2. The van der Waals surface area contributed by atoms with Crippen molar-refractivity contribution in [3.05, 3.63) is 149 Å². The number of rotatable bonds is 3. The Morgan fingerprint density at radius 2 is 0.941 bits per heavy atom. The Morgan fingerprint density at radius 1 is 0.431 bits per heavy atom. The maximum absolute atomic E-state index is 2.56. The van der Waals surface area contributed by atoms with Gasteiger partial charge >= 0.3 is 0 Å². The highest BCUT2D eigenvalue weighted by atomic mass is 15.2. The van der Waals surface area contributed by atoms with Gasteiger partial charge in [0.1, 0.15) is 0 Å². The zero-order chi connectivity index (χ0) is 36.0. The zero-order valence-electron chi connectivity index (χ0n) is 31.9. The molecule has 2 nitrogen and oxygen atoms in total. The van der Waals surface area contributed by atoms with Crippen molar-refractivity contribution >= 4 is 57.2 Å². The van der Waals surface area contributed by atoms with Crippen molar-refractivity contribution in [2.75, 3.05) is 9.80 Å². The van der Waals surface area contributed by atoms with Crippen molar-refractivity contribution in [3.8, 4) is 11.1 Å². The summed E-state index contributed by atoms with van der Waals surface area (Å²) in [5, 5.41) is 0. The summed E-state index contributed by atoms with van der Waals surface area (Å²) in [5.41, 5.74) is 21.9. The predicted molar refractivity (Wildman–Crippen MR) is 222 cm³/mol. The monoisotopic (exact) mass is 664 g/mol. The molecule has 0 fully saturated rings. The molecule has 8 rings (SSSR count). The summed E-state index contributed by atoms with van der Waals surface area (Å²) in [7, 11) is 0. The van der Waals surface area contributed by atoms with Gasteiger partial charge in [-0.15, -0.1) is 0 Å². The largest absolute Gasteiger partial charge is 0.311 e. The van der Waals surface area contributed by atoms with Crippen molar-refractivity contribution < 1.29 is 0 Å². The van der Waals surface area contributed by atoms with Crippen LogP contribution in [0.4, 0.5) is 34.1 Å². The smallest absolute Gasteiger partial charge is 0.252 e. The Labute approximate surface area is 305 Å². The van der Waals surface area contributed by atoms with Crippen LogP contribution >= 0.6 is 0 Å². The van der Waals surface area contributed by atoms with Crippen LogP contribution in [0.15, 0.2) is 115 Å². The molecule has 0 aliphatic carbocycles. The molecule has 0 saturated carbocycles.